The van der Waals surface area contributed by atoms with Crippen molar-refractivity contribution in [2.75, 3.05) is 21.9 Å². The maximum absolute atomic E-state index is 12.8. The maximum atomic E-state index is 12.8. The molecule has 6 heteroatoms. The summed E-state index contributed by atoms with van der Waals surface area (Å²) in [4.78, 5) is 14.4. The van der Waals surface area contributed by atoms with Crippen molar-refractivity contribution in [2.24, 2.45) is 5.92 Å². The Morgan fingerprint density at radius 1 is 1.08 bits per heavy atom. The number of hydrogen-bond donors (Lipinski definition) is 1. The molecule has 0 fully saturated rings. The van der Waals surface area contributed by atoms with Crippen LogP contribution < -0.4 is 9.62 Å². The first kappa shape index (κ1) is 20.0. The predicted molar refractivity (Wildman–Crippen MR) is 107 cm³/mol. The van der Waals surface area contributed by atoms with Gasteiger partial charge in [0.1, 0.15) is 0 Å². The molecule has 0 saturated heterocycles. The van der Waals surface area contributed by atoms with E-state index in [1.54, 1.807) is 24.0 Å². The molecule has 1 amide bonds. The fraction of sp³-hybridized carbons (Fsp3) is 0.350. The van der Waals surface area contributed by atoms with E-state index in [1.807, 2.05) is 57.2 Å². The molecule has 0 aliphatic rings. The van der Waals surface area contributed by atoms with Crippen molar-refractivity contribution in [2.45, 2.75) is 27.7 Å². The zero-order valence-corrected chi connectivity index (χ0v) is 16.5. The Kier molecular flexibility index (Phi) is 6.42. The van der Waals surface area contributed by atoms with E-state index in [1.165, 1.54) is 0 Å². The van der Waals surface area contributed by atoms with Crippen molar-refractivity contribution < 1.29 is 13.2 Å². The van der Waals surface area contributed by atoms with Crippen LogP contribution in [0.5, 0.6) is 0 Å². The molecule has 0 radical (unpaired) electrons. The molecule has 0 spiro atoms. The number of nitrogens with one attached hydrogen (secondary N) is 1. The summed E-state index contributed by atoms with van der Waals surface area (Å²) in [6, 6.07) is 14.7. The predicted octanol–water partition coefficient (Wildman–Crippen LogP) is 3.73. The largest absolute Gasteiger partial charge is 0.312 e. The second-order valence-corrected chi connectivity index (χ2v) is 8.34. The molecular formula is C20H26N2O3S. The van der Waals surface area contributed by atoms with Crippen LogP contribution in [0, 0.1) is 19.8 Å². The molecular weight excluding hydrogens is 348 g/mol. The van der Waals surface area contributed by atoms with Gasteiger partial charge in [-0.3, -0.25) is 9.52 Å². The van der Waals surface area contributed by atoms with E-state index in [9.17, 15) is 13.2 Å². The van der Waals surface area contributed by atoms with Gasteiger partial charge in [0.25, 0.3) is 0 Å². The van der Waals surface area contributed by atoms with E-state index in [0.717, 1.165) is 16.8 Å². The molecule has 140 valence electrons. The molecule has 0 saturated carbocycles. The Labute approximate surface area is 156 Å². The Balaban J connectivity index is 2.10. The van der Waals surface area contributed by atoms with E-state index in [-0.39, 0.29) is 11.7 Å². The molecule has 2 aromatic rings. The SMILES string of the molecule is CCN(C(=O)C(C)CS(=O)(=O)Nc1ccc(C)cc1)c1cccc(C)c1. The summed E-state index contributed by atoms with van der Waals surface area (Å²) in [6.45, 7) is 7.91. The summed E-state index contributed by atoms with van der Waals surface area (Å²) in [5.74, 6) is -1.12. The normalized spacial score (nSPS) is 12.5. The monoisotopic (exact) mass is 374 g/mol. The first-order valence-electron chi connectivity index (χ1n) is 8.67. The fourth-order valence-corrected chi connectivity index (χ4v) is 4.15. The van der Waals surface area contributed by atoms with Crippen LogP contribution in [0.4, 0.5) is 11.4 Å². The highest BCUT2D eigenvalue weighted by Gasteiger charge is 2.26. The number of carbonyl (C=O) groups is 1. The van der Waals surface area contributed by atoms with Gasteiger partial charge in [-0.2, -0.15) is 0 Å². The molecule has 0 aliphatic carbocycles. The summed E-state index contributed by atoms with van der Waals surface area (Å²) < 4.78 is 27.4. The average Bonchev–Trinajstić information content (AvgIpc) is 2.57. The Morgan fingerprint density at radius 2 is 1.73 bits per heavy atom. The van der Waals surface area contributed by atoms with Gasteiger partial charge in [-0.1, -0.05) is 36.8 Å². The third-order valence-corrected chi connectivity index (χ3v) is 5.60. The van der Waals surface area contributed by atoms with Gasteiger partial charge < -0.3 is 4.90 Å². The number of sulfonamides is 1. The van der Waals surface area contributed by atoms with Crippen LogP contribution in [0.25, 0.3) is 0 Å². The Morgan fingerprint density at radius 3 is 2.31 bits per heavy atom. The number of anilines is 2. The van der Waals surface area contributed by atoms with Crippen LogP contribution in [0.3, 0.4) is 0 Å². The van der Waals surface area contributed by atoms with E-state index in [0.29, 0.717) is 12.2 Å². The number of benzene rings is 2. The van der Waals surface area contributed by atoms with E-state index in [4.69, 9.17) is 0 Å². The van der Waals surface area contributed by atoms with E-state index >= 15 is 0 Å². The lowest BCUT2D eigenvalue weighted by atomic mass is 10.1. The zero-order chi connectivity index (χ0) is 19.3. The molecule has 0 aliphatic heterocycles. The molecule has 2 rings (SSSR count). The van der Waals surface area contributed by atoms with Crippen molar-refractivity contribution in [1.29, 1.82) is 0 Å². The van der Waals surface area contributed by atoms with Gasteiger partial charge in [-0.25, -0.2) is 8.42 Å². The van der Waals surface area contributed by atoms with Crippen molar-refractivity contribution in [3.63, 3.8) is 0 Å². The van der Waals surface area contributed by atoms with Crippen LogP contribution in [0.2, 0.25) is 0 Å². The van der Waals surface area contributed by atoms with E-state index in [2.05, 4.69) is 4.72 Å². The highest BCUT2D eigenvalue weighted by atomic mass is 32.2. The first-order valence-corrected chi connectivity index (χ1v) is 10.3. The lowest BCUT2D eigenvalue weighted by Crippen LogP contribution is -2.38. The second-order valence-electron chi connectivity index (χ2n) is 6.57. The minimum Gasteiger partial charge on any atom is -0.312 e. The average molecular weight is 375 g/mol. The Bertz CT molecular complexity index is 861. The van der Waals surface area contributed by atoms with E-state index < -0.39 is 15.9 Å². The fourth-order valence-electron chi connectivity index (χ4n) is 2.77. The van der Waals surface area contributed by atoms with Gasteiger partial charge in [0, 0.05) is 17.9 Å². The topological polar surface area (TPSA) is 66.5 Å². The third-order valence-electron chi connectivity index (χ3n) is 4.11. The molecule has 26 heavy (non-hydrogen) atoms. The first-order chi connectivity index (χ1) is 12.2. The molecule has 0 aromatic heterocycles. The molecule has 1 N–H and O–H groups in total. The Hall–Kier alpha value is -2.34. The lowest BCUT2D eigenvalue weighted by Gasteiger charge is -2.25. The third kappa shape index (κ3) is 5.33. The van der Waals surface area contributed by atoms with Crippen LogP contribution in [0.1, 0.15) is 25.0 Å². The van der Waals surface area contributed by atoms with Crippen molar-refractivity contribution >= 4 is 27.3 Å². The van der Waals surface area contributed by atoms with Gasteiger partial charge in [-0.15, -0.1) is 0 Å². The lowest BCUT2D eigenvalue weighted by molar-refractivity contribution is -0.121. The minimum absolute atomic E-state index is 0.201. The molecule has 1 atom stereocenters. The number of hydrogen-bond acceptors (Lipinski definition) is 3. The number of aryl methyl sites for hydroxylation is 2. The van der Waals surface area contributed by atoms with Crippen LogP contribution >= 0.6 is 0 Å². The number of rotatable bonds is 7. The molecule has 1 unspecified atom stereocenters. The van der Waals surface area contributed by atoms with Gasteiger partial charge in [0.2, 0.25) is 15.9 Å². The molecule has 0 bridgehead atoms. The van der Waals surface area contributed by atoms with Gasteiger partial charge in [0.15, 0.2) is 0 Å². The number of nitrogens with zero attached hydrogens (tertiary/aromatic N) is 1. The number of carbonyl (C=O) groups excluding carboxylic acids is 1. The highest BCUT2D eigenvalue weighted by Crippen LogP contribution is 2.19. The summed E-state index contributed by atoms with van der Waals surface area (Å²) in [7, 11) is -3.62. The van der Waals surface area contributed by atoms with Gasteiger partial charge in [0.05, 0.1) is 11.7 Å². The van der Waals surface area contributed by atoms with Gasteiger partial charge >= 0.3 is 0 Å². The minimum atomic E-state index is -3.62. The van der Waals surface area contributed by atoms with Gasteiger partial charge in [-0.05, 0) is 50.6 Å². The van der Waals surface area contributed by atoms with Crippen LogP contribution in [0.15, 0.2) is 48.5 Å². The van der Waals surface area contributed by atoms with Crippen molar-refractivity contribution in [1.82, 2.24) is 0 Å². The maximum Gasteiger partial charge on any atom is 0.233 e. The molecule has 0 heterocycles. The van der Waals surface area contributed by atoms with Crippen LogP contribution in [-0.2, 0) is 14.8 Å². The number of amides is 1. The highest BCUT2D eigenvalue weighted by molar-refractivity contribution is 7.92. The summed E-state index contributed by atoms with van der Waals surface area (Å²) in [5.41, 5.74) is 3.39. The molecule has 2 aromatic carbocycles. The second kappa shape index (κ2) is 8.36. The summed E-state index contributed by atoms with van der Waals surface area (Å²) in [6.07, 6.45) is 0. The summed E-state index contributed by atoms with van der Waals surface area (Å²) >= 11 is 0. The van der Waals surface area contributed by atoms with Crippen LogP contribution in [-0.4, -0.2) is 26.6 Å². The smallest absolute Gasteiger partial charge is 0.233 e. The van der Waals surface area contributed by atoms with Crippen molar-refractivity contribution in [3.8, 4) is 0 Å². The standard InChI is InChI=1S/C20H26N2O3S/c1-5-22(19-8-6-7-16(3)13-19)20(23)17(4)14-26(24,25)21-18-11-9-15(2)10-12-18/h6-13,17,21H,5,14H2,1-4H3. The zero-order valence-electron chi connectivity index (χ0n) is 15.7. The van der Waals surface area contributed by atoms with Crippen molar-refractivity contribution in [3.05, 3.63) is 59.7 Å². The summed E-state index contributed by atoms with van der Waals surface area (Å²) in [5, 5.41) is 0. The molecule has 5 nitrogen and oxygen atoms in total. The quantitative estimate of drug-likeness (QED) is 0.803.